The first-order chi connectivity index (χ1) is 5.89. The molecule has 2 rings (SSSR count). The van der Waals surface area contributed by atoms with Crippen molar-refractivity contribution in [3.05, 3.63) is 88.0 Å². The second-order valence-corrected chi connectivity index (χ2v) is 2.45. The molecule has 15 heavy (non-hydrogen) atoms. The molecule has 2 aromatic rings. The topological polar surface area (TPSA) is 0 Å². The van der Waals surface area contributed by atoms with E-state index in [9.17, 15) is 0 Å². The maximum Gasteiger partial charge on any atom is 4.00 e. The molecule has 0 amide bonds. The van der Waals surface area contributed by atoms with Crippen molar-refractivity contribution in [3.63, 3.8) is 0 Å². The van der Waals surface area contributed by atoms with Gasteiger partial charge in [0.1, 0.15) is 0 Å². The Bertz CT molecular complexity index is 254. The van der Waals surface area contributed by atoms with Crippen LogP contribution in [0.2, 0.25) is 0 Å². The second-order valence-electron chi connectivity index (χ2n) is 2.45. The summed E-state index contributed by atoms with van der Waals surface area (Å²) in [5.74, 6) is 0. The Balaban J connectivity index is -0.000000165. The third-order valence-electron chi connectivity index (χ3n) is 1.40. The van der Waals surface area contributed by atoms with E-state index < -0.39 is 0 Å². The summed E-state index contributed by atoms with van der Waals surface area (Å²) in [5.41, 5.74) is 1.07. The molecule has 0 bridgehead atoms. The normalized spacial score (nSPS) is 6.67. The van der Waals surface area contributed by atoms with Crippen molar-refractivity contribution in [2.24, 2.45) is 0 Å². The van der Waals surface area contributed by atoms with Crippen LogP contribution < -0.4 is 0 Å². The van der Waals surface area contributed by atoms with Crippen molar-refractivity contribution in [2.75, 3.05) is 0 Å². The van der Waals surface area contributed by atoms with E-state index in [0.717, 1.165) is 5.56 Å². The van der Waals surface area contributed by atoms with Gasteiger partial charge in [-0.3, -0.25) is 0 Å². The summed E-state index contributed by atoms with van der Waals surface area (Å²) in [6.45, 7) is 3.72. The standard InChI is InChI=1S/C7H7.C5H5.2CH3.Pt/c1-7-5-3-2-4-6-7;1-2-4-5-3-1;;;/h2-6H,1H2;1-5H;2*1H3;/q4*-1;+4. The van der Waals surface area contributed by atoms with Gasteiger partial charge in [-0.25, -0.2) is 12.1 Å². The van der Waals surface area contributed by atoms with Crippen LogP contribution in [-0.4, -0.2) is 0 Å². The van der Waals surface area contributed by atoms with Crippen LogP contribution in [0, 0.1) is 21.8 Å². The van der Waals surface area contributed by atoms with Crippen molar-refractivity contribution in [1.29, 1.82) is 0 Å². The van der Waals surface area contributed by atoms with Crippen LogP contribution in [0.25, 0.3) is 0 Å². The predicted molar refractivity (Wildman–Crippen MR) is 65.8 cm³/mol. The maximum absolute atomic E-state index is 3.72. The van der Waals surface area contributed by atoms with Crippen LogP contribution in [0.1, 0.15) is 5.56 Å². The van der Waals surface area contributed by atoms with Gasteiger partial charge in [-0.1, -0.05) is 6.07 Å². The summed E-state index contributed by atoms with van der Waals surface area (Å²) in [5, 5.41) is 0. The van der Waals surface area contributed by atoms with Gasteiger partial charge in [-0.05, 0) is 0 Å². The van der Waals surface area contributed by atoms with E-state index in [0.29, 0.717) is 0 Å². The third kappa shape index (κ3) is 11.1. The first-order valence-corrected chi connectivity index (χ1v) is 3.93. The minimum Gasteiger partial charge on any atom is -0.358 e. The smallest absolute Gasteiger partial charge is 0.358 e. The van der Waals surface area contributed by atoms with Crippen LogP contribution in [0.15, 0.2) is 60.7 Å². The first-order valence-electron chi connectivity index (χ1n) is 3.93. The molecule has 0 saturated carbocycles. The van der Waals surface area contributed by atoms with Crippen LogP contribution >= 0.6 is 0 Å². The zero-order valence-electron chi connectivity index (χ0n) is 9.30. The molecule has 2 aromatic carbocycles. The van der Waals surface area contributed by atoms with Crippen molar-refractivity contribution < 1.29 is 21.1 Å². The molecule has 0 fully saturated rings. The summed E-state index contributed by atoms with van der Waals surface area (Å²) in [7, 11) is 0. The fourth-order valence-electron chi connectivity index (χ4n) is 0.799. The molecule has 0 aliphatic carbocycles. The summed E-state index contributed by atoms with van der Waals surface area (Å²) >= 11 is 0. The zero-order chi connectivity index (χ0) is 8.65. The average molecular weight is 381 g/mol. The molecule has 1 heteroatoms. The van der Waals surface area contributed by atoms with E-state index >= 15 is 0 Å². The van der Waals surface area contributed by atoms with Crippen LogP contribution in [0.3, 0.4) is 0 Å². The van der Waals surface area contributed by atoms with Crippen LogP contribution in [0.4, 0.5) is 0 Å². The maximum atomic E-state index is 3.72. The predicted octanol–water partition coefficient (Wildman–Crippen LogP) is 4.17. The number of rotatable bonds is 0. The molecule has 0 radical (unpaired) electrons. The van der Waals surface area contributed by atoms with Crippen molar-refractivity contribution in [2.45, 2.75) is 0 Å². The van der Waals surface area contributed by atoms with Crippen molar-refractivity contribution in [3.8, 4) is 0 Å². The molecular weight excluding hydrogens is 363 g/mol. The van der Waals surface area contributed by atoms with E-state index in [-0.39, 0.29) is 35.9 Å². The van der Waals surface area contributed by atoms with E-state index in [1.54, 1.807) is 0 Å². The number of hydrogen-bond acceptors (Lipinski definition) is 0. The molecule has 0 spiro atoms. The van der Waals surface area contributed by atoms with Gasteiger partial charge in [0.05, 0.1) is 0 Å². The van der Waals surface area contributed by atoms with Gasteiger partial charge in [0.2, 0.25) is 0 Å². The largest absolute Gasteiger partial charge is 4.00 e. The zero-order valence-corrected chi connectivity index (χ0v) is 11.6. The van der Waals surface area contributed by atoms with Crippen LogP contribution in [-0.2, 0) is 21.1 Å². The van der Waals surface area contributed by atoms with E-state index in [1.807, 2.05) is 60.7 Å². The molecular formula is C14H18Pt. The Kier molecular flexibility index (Phi) is 17.2. The first kappa shape index (κ1) is 19.7. The average Bonchev–Trinajstić information content (AvgIpc) is 2.62. The fraction of sp³-hybridized carbons (Fsp3) is 0. The van der Waals surface area contributed by atoms with E-state index in [4.69, 9.17) is 0 Å². The molecule has 0 aliphatic rings. The minimum atomic E-state index is 0. The van der Waals surface area contributed by atoms with Gasteiger partial charge < -0.3 is 14.9 Å². The van der Waals surface area contributed by atoms with Gasteiger partial charge in [-0.15, -0.1) is 12.1 Å². The Hall–Kier alpha value is -0.872. The second kappa shape index (κ2) is 13.1. The molecule has 0 aromatic heterocycles. The van der Waals surface area contributed by atoms with E-state index in [2.05, 4.69) is 6.92 Å². The molecule has 0 atom stereocenters. The summed E-state index contributed by atoms with van der Waals surface area (Å²) < 4.78 is 0. The monoisotopic (exact) mass is 381 g/mol. The molecule has 0 N–H and O–H groups in total. The molecule has 0 unspecified atom stereocenters. The van der Waals surface area contributed by atoms with Gasteiger partial charge in [0, 0.05) is 0 Å². The van der Waals surface area contributed by atoms with Gasteiger partial charge in [0.15, 0.2) is 0 Å². The van der Waals surface area contributed by atoms with Gasteiger partial charge in [0.25, 0.3) is 0 Å². The summed E-state index contributed by atoms with van der Waals surface area (Å²) in [4.78, 5) is 0. The van der Waals surface area contributed by atoms with Crippen molar-refractivity contribution in [1.82, 2.24) is 0 Å². The quantitative estimate of drug-likeness (QED) is 0.601. The molecule has 0 heterocycles. The Morgan fingerprint density at radius 2 is 1.27 bits per heavy atom. The number of hydrogen-bond donors (Lipinski definition) is 0. The minimum absolute atomic E-state index is 0. The molecule has 0 saturated heterocycles. The fourth-order valence-corrected chi connectivity index (χ4v) is 0.799. The Morgan fingerprint density at radius 3 is 1.47 bits per heavy atom. The Labute approximate surface area is 109 Å². The summed E-state index contributed by atoms with van der Waals surface area (Å²) in [6, 6.07) is 19.9. The van der Waals surface area contributed by atoms with E-state index in [1.165, 1.54) is 0 Å². The van der Waals surface area contributed by atoms with Crippen LogP contribution in [0.5, 0.6) is 0 Å². The number of benzene rings is 1. The molecule has 0 aliphatic heterocycles. The third-order valence-corrected chi connectivity index (χ3v) is 1.40. The Morgan fingerprint density at radius 1 is 0.800 bits per heavy atom. The van der Waals surface area contributed by atoms with Crippen molar-refractivity contribution >= 4 is 0 Å². The summed E-state index contributed by atoms with van der Waals surface area (Å²) in [6.07, 6.45) is 0. The van der Waals surface area contributed by atoms with Gasteiger partial charge >= 0.3 is 21.1 Å². The molecule has 84 valence electrons. The SMILES string of the molecule is [CH2-]c1ccccc1.[CH3-].[CH3-].[Pt+4].c1cc[cH-]c1. The molecule has 0 nitrogen and oxygen atoms in total. The van der Waals surface area contributed by atoms with Gasteiger partial charge in [-0.2, -0.15) is 42.8 Å².